The van der Waals surface area contributed by atoms with E-state index in [1.165, 1.54) is 16.7 Å². The van der Waals surface area contributed by atoms with E-state index in [1.807, 2.05) is 30.3 Å². The molecular weight excluding hydrogens is 454 g/mol. The monoisotopic (exact) mass is 465 g/mol. The summed E-state index contributed by atoms with van der Waals surface area (Å²) in [5, 5.41) is 0.524. The van der Waals surface area contributed by atoms with Crippen molar-refractivity contribution in [2.24, 2.45) is 0 Å². The quantitative estimate of drug-likeness (QED) is 0.304. The molecule has 3 nitrogen and oxygen atoms in total. The molecule has 1 saturated heterocycles. The molecule has 1 heterocycles. The molecule has 7 heteroatoms. The zero-order chi connectivity index (χ0) is 18.7. The van der Waals surface area contributed by atoms with Crippen LogP contribution in [0.15, 0.2) is 64.5 Å². The highest BCUT2D eigenvalue weighted by molar-refractivity contribution is 9.10. The molecule has 1 aliphatic rings. The van der Waals surface area contributed by atoms with Gasteiger partial charge in [0.1, 0.15) is 12.4 Å². The van der Waals surface area contributed by atoms with Crippen molar-refractivity contribution < 1.29 is 9.53 Å². The second-order valence-corrected chi connectivity index (χ2v) is 8.22. The van der Waals surface area contributed by atoms with Gasteiger partial charge in [0.05, 0.1) is 15.6 Å². The van der Waals surface area contributed by atoms with Gasteiger partial charge < -0.3 is 4.74 Å². The highest BCUT2D eigenvalue weighted by Gasteiger charge is 2.33. The van der Waals surface area contributed by atoms with Crippen molar-refractivity contribution in [1.29, 1.82) is 0 Å². The molecule has 2 aromatic carbocycles. The molecule has 0 bridgehead atoms. The van der Waals surface area contributed by atoms with E-state index >= 15 is 0 Å². The zero-order valence-electron chi connectivity index (χ0n) is 13.4. The molecule has 0 aliphatic carbocycles. The van der Waals surface area contributed by atoms with Crippen LogP contribution < -0.4 is 9.64 Å². The summed E-state index contributed by atoms with van der Waals surface area (Å²) >= 11 is 16.1. The summed E-state index contributed by atoms with van der Waals surface area (Å²) in [6.07, 6.45) is 3.50. The van der Waals surface area contributed by atoms with Gasteiger partial charge >= 0.3 is 0 Å². The van der Waals surface area contributed by atoms with Crippen molar-refractivity contribution in [1.82, 2.24) is 0 Å². The van der Waals surface area contributed by atoms with Gasteiger partial charge in [0.2, 0.25) is 0 Å². The van der Waals surface area contributed by atoms with Crippen molar-refractivity contribution in [2.75, 3.05) is 11.5 Å². The fourth-order valence-electron chi connectivity index (χ4n) is 2.28. The number of rotatable bonds is 5. The van der Waals surface area contributed by atoms with Gasteiger partial charge in [0, 0.05) is 4.47 Å². The summed E-state index contributed by atoms with van der Waals surface area (Å²) in [5.41, 5.74) is 1.54. The van der Waals surface area contributed by atoms with Crippen molar-refractivity contribution in [2.45, 2.75) is 0 Å². The van der Waals surface area contributed by atoms with Gasteiger partial charge in [-0.1, -0.05) is 60.4 Å². The van der Waals surface area contributed by atoms with Crippen LogP contribution in [0.25, 0.3) is 6.08 Å². The van der Waals surface area contributed by atoms with Crippen molar-refractivity contribution in [3.05, 3.63) is 75.1 Å². The number of amides is 1. The number of anilines is 1. The molecule has 2 aromatic rings. The molecule has 0 spiro atoms. The van der Waals surface area contributed by atoms with E-state index in [0.717, 1.165) is 15.8 Å². The molecule has 0 aromatic heterocycles. The maximum absolute atomic E-state index is 12.8. The molecule has 132 valence electrons. The molecule has 26 heavy (non-hydrogen) atoms. The molecule has 0 atom stereocenters. The lowest BCUT2D eigenvalue weighted by Crippen LogP contribution is -2.27. The predicted molar refractivity (Wildman–Crippen MR) is 117 cm³/mol. The number of ether oxygens (including phenoxy) is 1. The Morgan fingerprint density at radius 2 is 2.00 bits per heavy atom. The number of carbonyl (C=O) groups excluding carboxylic acids is 1. The standard InChI is InChI=1S/C19H13BrClNO2S2/c1-2-9-24-14-6-3-12(4-7-14)10-17-18(23)22(19(25)26-17)13-5-8-15(20)16(21)11-13/h2-8,10-11H,1,9H2/b17-10+. The van der Waals surface area contributed by atoms with Gasteiger partial charge in [-0.2, -0.15) is 0 Å². The Labute approximate surface area is 174 Å². The van der Waals surface area contributed by atoms with Crippen LogP contribution in [0.3, 0.4) is 0 Å². The smallest absolute Gasteiger partial charge is 0.270 e. The van der Waals surface area contributed by atoms with E-state index in [4.69, 9.17) is 28.6 Å². The Morgan fingerprint density at radius 1 is 1.27 bits per heavy atom. The third-order valence-electron chi connectivity index (χ3n) is 3.50. The average molecular weight is 467 g/mol. The fourth-order valence-corrected chi connectivity index (χ4v) is 4.00. The first-order valence-electron chi connectivity index (χ1n) is 7.56. The van der Waals surface area contributed by atoms with Gasteiger partial charge in [-0.15, -0.1) is 0 Å². The maximum Gasteiger partial charge on any atom is 0.270 e. The number of thioether (sulfide) groups is 1. The Morgan fingerprint density at radius 3 is 2.65 bits per heavy atom. The van der Waals surface area contributed by atoms with Gasteiger partial charge in [-0.3, -0.25) is 9.69 Å². The molecule has 1 amide bonds. The lowest BCUT2D eigenvalue weighted by Gasteiger charge is -2.15. The number of carbonyl (C=O) groups is 1. The average Bonchev–Trinajstić information content (AvgIpc) is 2.90. The third-order valence-corrected chi connectivity index (χ3v) is 6.04. The van der Waals surface area contributed by atoms with Crippen molar-refractivity contribution in [3.8, 4) is 5.75 Å². The maximum atomic E-state index is 12.8. The number of nitrogens with zero attached hydrogens (tertiary/aromatic N) is 1. The van der Waals surface area contributed by atoms with Gasteiger partial charge in [0.25, 0.3) is 5.91 Å². The van der Waals surface area contributed by atoms with Crippen LogP contribution in [0.4, 0.5) is 5.69 Å². The number of benzene rings is 2. The zero-order valence-corrected chi connectivity index (χ0v) is 17.4. The molecule has 1 aliphatic heterocycles. The van der Waals surface area contributed by atoms with Crippen LogP contribution in [-0.4, -0.2) is 16.8 Å². The van der Waals surface area contributed by atoms with Crippen LogP contribution in [0.1, 0.15) is 5.56 Å². The highest BCUT2D eigenvalue weighted by atomic mass is 79.9. The molecular formula is C19H13BrClNO2S2. The Kier molecular flexibility index (Phi) is 6.19. The lowest BCUT2D eigenvalue weighted by molar-refractivity contribution is -0.113. The second-order valence-electron chi connectivity index (χ2n) is 5.28. The lowest BCUT2D eigenvalue weighted by atomic mass is 10.2. The molecule has 0 unspecified atom stereocenters. The van der Waals surface area contributed by atoms with Crippen LogP contribution in [-0.2, 0) is 4.79 Å². The molecule has 1 fully saturated rings. The second kappa shape index (κ2) is 8.39. The van der Waals surface area contributed by atoms with Crippen LogP contribution in [0, 0.1) is 0 Å². The Hall–Kier alpha value is -1.60. The van der Waals surface area contributed by atoms with Crippen LogP contribution in [0.2, 0.25) is 5.02 Å². The minimum atomic E-state index is -0.162. The van der Waals surface area contributed by atoms with E-state index in [-0.39, 0.29) is 5.91 Å². The van der Waals surface area contributed by atoms with Crippen LogP contribution in [0.5, 0.6) is 5.75 Å². The minimum Gasteiger partial charge on any atom is -0.490 e. The Balaban J connectivity index is 1.82. The Bertz CT molecular complexity index is 912. The summed E-state index contributed by atoms with van der Waals surface area (Å²) in [6.45, 7) is 4.07. The first-order valence-corrected chi connectivity index (χ1v) is 9.96. The van der Waals surface area contributed by atoms with Gasteiger partial charge in [0.15, 0.2) is 4.32 Å². The van der Waals surface area contributed by atoms with Gasteiger partial charge in [-0.25, -0.2) is 0 Å². The summed E-state index contributed by atoms with van der Waals surface area (Å²) < 4.78 is 6.70. The first-order chi connectivity index (χ1) is 12.5. The summed E-state index contributed by atoms with van der Waals surface area (Å²) in [7, 11) is 0. The topological polar surface area (TPSA) is 29.5 Å². The van der Waals surface area contributed by atoms with E-state index in [9.17, 15) is 4.79 Å². The van der Waals surface area contributed by atoms with Crippen molar-refractivity contribution >= 4 is 73.5 Å². The van der Waals surface area contributed by atoms with E-state index in [0.29, 0.717) is 26.5 Å². The fraction of sp³-hybridized carbons (Fsp3) is 0.0526. The SMILES string of the molecule is C=CCOc1ccc(/C=C2/SC(=S)N(c3ccc(Br)c(Cl)c3)C2=O)cc1. The van der Waals surface area contributed by atoms with E-state index in [2.05, 4.69) is 22.5 Å². The van der Waals surface area contributed by atoms with E-state index < -0.39 is 0 Å². The third kappa shape index (κ3) is 4.20. The highest BCUT2D eigenvalue weighted by Crippen LogP contribution is 2.38. The molecule has 0 N–H and O–H groups in total. The number of thiocarbonyl (C=S) groups is 1. The number of hydrogen-bond acceptors (Lipinski definition) is 4. The largest absolute Gasteiger partial charge is 0.490 e. The normalized spacial score (nSPS) is 15.6. The molecule has 0 saturated carbocycles. The minimum absolute atomic E-state index is 0.162. The summed E-state index contributed by atoms with van der Waals surface area (Å²) in [5.74, 6) is 0.587. The summed E-state index contributed by atoms with van der Waals surface area (Å²) in [6, 6.07) is 12.8. The molecule has 3 rings (SSSR count). The van der Waals surface area contributed by atoms with Crippen molar-refractivity contribution in [3.63, 3.8) is 0 Å². The molecule has 0 radical (unpaired) electrons. The first kappa shape index (κ1) is 19.2. The number of halogens is 2. The van der Waals surface area contributed by atoms with Crippen LogP contribution >= 0.6 is 51.5 Å². The van der Waals surface area contributed by atoms with E-state index in [1.54, 1.807) is 24.3 Å². The summed E-state index contributed by atoms with van der Waals surface area (Å²) in [4.78, 5) is 14.8. The number of hydrogen-bond donors (Lipinski definition) is 0. The predicted octanol–water partition coefficient (Wildman–Crippen LogP) is 6.07. The van der Waals surface area contributed by atoms with Gasteiger partial charge in [-0.05, 0) is 57.9 Å².